The second-order valence-corrected chi connectivity index (χ2v) is 6.72. The zero-order valence-corrected chi connectivity index (χ0v) is 13.6. The third-order valence-corrected chi connectivity index (χ3v) is 4.80. The Bertz CT molecular complexity index is 453. The highest BCUT2D eigenvalue weighted by atomic mass is 79.9. The molecule has 3 rings (SSSR count). The van der Waals surface area contributed by atoms with Crippen LogP contribution in [0.4, 0.5) is 5.95 Å². The molecule has 2 heterocycles. The van der Waals surface area contributed by atoms with Gasteiger partial charge in [-0.3, -0.25) is 0 Å². The van der Waals surface area contributed by atoms with Crippen molar-refractivity contribution in [3.8, 4) is 0 Å². The largest absolute Gasteiger partial charge is 0.374 e. The fourth-order valence-electron chi connectivity index (χ4n) is 3.27. The van der Waals surface area contributed by atoms with E-state index in [1.807, 2.05) is 12.4 Å². The Morgan fingerprint density at radius 1 is 1.30 bits per heavy atom. The van der Waals surface area contributed by atoms with E-state index in [1.165, 1.54) is 6.42 Å². The molecule has 0 bridgehead atoms. The molecule has 1 aliphatic carbocycles. The molecule has 5 nitrogen and oxygen atoms in total. The molecule has 0 amide bonds. The smallest absolute Gasteiger partial charge is 0.225 e. The number of rotatable bonds is 2. The number of nitrogens with zero attached hydrogens (tertiary/aromatic N) is 4. The van der Waals surface area contributed by atoms with Crippen LogP contribution in [-0.4, -0.2) is 60.3 Å². The third kappa shape index (κ3) is 2.82. The van der Waals surface area contributed by atoms with Crippen LogP contribution in [0.3, 0.4) is 0 Å². The number of anilines is 1. The van der Waals surface area contributed by atoms with E-state index >= 15 is 0 Å². The summed E-state index contributed by atoms with van der Waals surface area (Å²) in [5, 5.41) is 0. The summed E-state index contributed by atoms with van der Waals surface area (Å²) in [6.45, 7) is 1.65. The first kappa shape index (κ1) is 14.2. The van der Waals surface area contributed by atoms with Gasteiger partial charge in [0.05, 0.1) is 23.2 Å². The Hall–Kier alpha value is -0.720. The van der Waals surface area contributed by atoms with Crippen LogP contribution in [0.25, 0.3) is 0 Å². The molecular weight excluding hydrogens is 320 g/mol. The molecule has 20 heavy (non-hydrogen) atoms. The summed E-state index contributed by atoms with van der Waals surface area (Å²) in [7, 11) is 4.31. The molecule has 1 saturated heterocycles. The summed E-state index contributed by atoms with van der Waals surface area (Å²) >= 11 is 3.39. The van der Waals surface area contributed by atoms with Gasteiger partial charge in [0.15, 0.2) is 0 Å². The molecule has 0 spiro atoms. The van der Waals surface area contributed by atoms with Gasteiger partial charge in [-0.25, -0.2) is 9.97 Å². The van der Waals surface area contributed by atoms with Gasteiger partial charge in [0.25, 0.3) is 0 Å². The van der Waals surface area contributed by atoms with Crippen LogP contribution >= 0.6 is 15.9 Å². The lowest BCUT2D eigenvalue weighted by molar-refractivity contribution is -0.0283. The normalized spacial score (nSPS) is 30.4. The predicted molar refractivity (Wildman–Crippen MR) is 81.9 cm³/mol. The summed E-state index contributed by atoms with van der Waals surface area (Å²) in [6.07, 6.45) is 7.40. The Kier molecular flexibility index (Phi) is 4.23. The van der Waals surface area contributed by atoms with Gasteiger partial charge in [-0.2, -0.15) is 0 Å². The predicted octanol–water partition coefficient (Wildman–Crippen LogP) is 1.93. The maximum absolute atomic E-state index is 6.00. The molecule has 1 aromatic rings. The highest BCUT2D eigenvalue weighted by molar-refractivity contribution is 9.10. The second kappa shape index (κ2) is 5.95. The van der Waals surface area contributed by atoms with Gasteiger partial charge < -0.3 is 14.5 Å². The number of ether oxygens (including phenoxy) is 1. The minimum absolute atomic E-state index is 0.303. The van der Waals surface area contributed by atoms with Crippen molar-refractivity contribution < 1.29 is 4.74 Å². The molecule has 0 N–H and O–H groups in total. The summed E-state index contributed by atoms with van der Waals surface area (Å²) in [6, 6.07) is 1.04. The van der Waals surface area contributed by atoms with E-state index in [4.69, 9.17) is 4.74 Å². The molecule has 3 atom stereocenters. The fraction of sp³-hybridized carbons (Fsp3) is 0.714. The Morgan fingerprint density at radius 2 is 2.05 bits per heavy atom. The van der Waals surface area contributed by atoms with Crippen molar-refractivity contribution in [2.24, 2.45) is 0 Å². The third-order valence-electron chi connectivity index (χ3n) is 4.39. The molecule has 1 aromatic heterocycles. The number of fused-ring (bicyclic) bond motifs is 1. The van der Waals surface area contributed by atoms with Crippen LogP contribution < -0.4 is 4.90 Å². The minimum Gasteiger partial charge on any atom is -0.374 e. The number of hydrogen-bond donors (Lipinski definition) is 0. The molecule has 0 aromatic carbocycles. The lowest BCUT2D eigenvalue weighted by Crippen LogP contribution is -2.56. The van der Waals surface area contributed by atoms with Gasteiger partial charge in [0, 0.05) is 25.0 Å². The van der Waals surface area contributed by atoms with Gasteiger partial charge >= 0.3 is 0 Å². The first-order valence-electron chi connectivity index (χ1n) is 7.17. The van der Waals surface area contributed by atoms with Crippen LogP contribution in [0.5, 0.6) is 0 Å². The van der Waals surface area contributed by atoms with Gasteiger partial charge in [-0.15, -0.1) is 0 Å². The standard InChI is InChI=1S/C14H21BrN4O/c1-18(2)11-3-4-12-13(7-11)20-6-5-19(12)14-16-8-10(15)9-17-14/h8-9,11-13H,3-7H2,1-2H3. The van der Waals surface area contributed by atoms with Crippen molar-refractivity contribution in [3.05, 3.63) is 16.9 Å². The minimum atomic E-state index is 0.303. The van der Waals surface area contributed by atoms with Crippen LogP contribution in [0.2, 0.25) is 0 Å². The first-order valence-corrected chi connectivity index (χ1v) is 7.96. The Morgan fingerprint density at radius 3 is 2.75 bits per heavy atom. The molecule has 6 heteroatoms. The van der Waals surface area contributed by atoms with Crippen molar-refractivity contribution >= 4 is 21.9 Å². The highest BCUT2D eigenvalue weighted by Gasteiger charge is 2.39. The summed E-state index contributed by atoms with van der Waals surface area (Å²) in [4.78, 5) is 13.5. The Balaban J connectivity index is 1.75. The highest BCUT2D eigenvalue weighted by Crippen LogP contribution is 2.32. The number of morpholine rings is 1. The van der Waals surface area contributed by atoms with Gasteiger partial charge in [-0.05, 0) is 49.3 Å². The lowest BCUT2D eigenvalue weighted by atomic mass is 9.86. The van der Waals surface area contributed by atoms with Crippen molar-refractivity contribution in [1.82, 2.24) is 14.9 Å². The number of aromatic nitrogens is 2. The van der Waals surface area contributed by atoms with Crippen LogP contribution in [-0.2, 0) is 4.74 Å². The van der Waals surface area contributed by atoms with Crippen LogP contribution in [0.15, 0.2) is 16.9 Å². The summed E-state index contributed by atoms with van der Waals surface area (Å²) < 4.78 is 6.92. The number of halogens is 1. The molecule has 2 fully saturated rings. The SMILES string of the molecule is CN(C)C1CCC2C(C1)OCCN2c1ncc(Br)cn1. The monoisotopic (exact) mass is 340 g/mol. The zero-order valence-electron chi connectivity index (χ0n) is 12.0. The molecule has 110 valence electrons. The molecule has 1 aliphatic heterocycles. The maximum atomic E-state index is 6.00. The average molecular weight is 341 g/mol. The van der Waals surface area contributed by atoms with Gasteiger partial charge in [0.1, 0.15) is 0 Å². The van der Waals surface area contributed by atoms with E-state index in [1.54, 1.807) is 0 Å². The molecule has 0 radical (unpaired) electrons. The fourth-order valence-corrected chi connectivity index (χ4v) is 3.47. The maximum Gasteiger partial charge on any atom is 0.225 e. The molecule has 3 unspecified atom stereocenters. The van der Waals surface area contributed by atoms with E-state index < -0.39 is 0 Å². The van der Waals surface area contributed by atoms with Gasteiger partial charge in [-0.1, -0.05) is 0 Å². The topological polar surface area (TPSA) is 41.5 Å². The van der Waals surface area contributed by atoms with E-state index in [9.17, 15) is 0 Å². The van der Waals surface area contributed by atoms with Crippen molar-refractivity contribution in [3.63, 3.8) is 0 Å². The van der Waals surface area contributed by atoms with Crippen molar-refractivity contribution in [1.29, 1.82) is 0 Å². The summed E-state index contributed by atoms with van der Waals surface area (Å²) in [5.41, 5.74) is 0. The second-order valence-electron chi connectivity index (χ2n) is 5.80. The zero-order chi connectivity index (χ0) is 14.1. The molecular formula is C14H21BrN4O. The Labute approximate surface area is 128 Å². The van der Waals surface area contributed by atoms with Gasteiger partial charge in [0.2, 0.25) is 5.95 Å². The van der Waals surface area contributed by atoms with Crippen LogP contribution in [0.1, 0.15) is 19.3 Å². The lowest BCUT2D eigenvalue weighted by Gasteiger charge is -2.46. The van der Waals surface area contributed by atoms with Crippen LogP contribution in [0, 0.1) is 0 Å². The van der Waals surface area contributed by atoms with E-state index in [2.05, 4.69) is 49.8 Å². The average Bonchev–Trinajstić information content (AvgIpc) is 2.47. The summed E-state index contributed by atoms with van der Waals surface area (Å²) in [5.74, 6) is 0.829. The quantitative estimate of drug-likeness (QED) is 0.822. The van der Waals surface area contributed by atoms with E-state index in [0.29, 0.717) is 18.2 Å². The first-order chi connectivity index (χ1) is 9.65. The van der Waals surface area contributed by atoms with E-state index in [0.717, 1.165) is 36.4 Å². The van der Waals surface area contributed by atoms with E-state index in [-0.39, 0.29) is 0 Å². The van der Waals surface area contributed by atoms with Crippen molar-refractivity contribution in [2.45, 2.75) is 37.5 Å². The van der Waals surface area contributed by atoms with Crippen molar-refractivity contribution in [2.75, 3.05) is 32.1 Å². The molecule has 1 saturated carbocycles. The number of hydrogen-bond acceptors (Lipinski definition) is 5. The molecule has 2 aliphatic rings.